The first-order chi connectivity index (χ1) is 8.11. The number of guanidine groups is 1. The number of halogens is 2. The first kappa shape index (κ1) is 17.7. The summed E-state index contributed by atoms with van der Waals surface area (Å²) in [6.45, 7) is 6.05. The predicted octanol–water partition coefficient (Wildman–Crippen LogP) is 3.39. The third-order valence-electron chi connectivity index (χ3n) is 2.25. The first-order valence-corrected chi connectivity index (χ1v) is 6.60. The quantitative estimate of drug-likeness (QED) is 0.440. The molecule has 0 amide bonds. The lowest BCUT2D eigenvalue weighted by molar-refractivity contribution is 0.614. The summed E-state index contributed by atoms with van der Waals surface area (Å²) >= 11 is 3.46. The van der Waals surface area contributed by atoms with E-state index in [0.29, 0.717) is 5.92 Å². The summed E-state index contributed by atoms with van der Waals surface area (Å²) in [5.41, 5.74) is 1.23. The van der Waals surface area contributed by atoms with E-state index in [-0.39, 0.29) is 24.0 Å². The summed E-state index contributed by atoms with van der Waals surface area (Å²) in [7, 11) is 1.79. The van der Waals surface area contributed by atoms with Crippen molar-refractivity contribution >= 4 is 45.9 Å². The first-order valence-electron chi connectivity index (χ1n) is 5.80. The molecule has 2 N–H and O–H groups in total. The van der Waals surface area contributed by atoms with Gasteiger partial charge in [0.1, 0.15) is 0 Å². The molecule has 102 valence electrons. The van der Waals surface area contributed by atoms with Crippen molar-refractivity contribution in [2.24, 2.45) is 10.9 Å². The van der Waals surface area contributed by atoms with Crippen LogP contribution in [0, 0.1) is 5.92 Å². The molecule has 0 aliphatic rings. The van der Waals surface area contributed by atoms with Crippen molar-refractivity contribution in [1.82, 2.24) is 10.6 Å². The average molecular weight is 426 g/mol. The van der Waals surface area contributed by atoms with Crippen LogP contribution in [0.1, 0.15) is 19.4 Å². The van der Waals surface area contributed by atoms with Crippen molar-refractivity contribution in [2.45, 2.75) is 20.4 Å². The zero-order valence-electron chi connectivity index (χ0n) is 11.0. The third-order valence-corrected chi connectivity index (χ3v) is 2.74. The zero-order valence-corrected chi connectivity index (χ0v) is 15.0. The molecule has 0 saturated heterocycles. The lowest BCUT2D eigenvalue weighted by Gasteiger charge is -2.13. The van der Waals surface area contributed by atoms with Gasteiger partial charge in [0.15, 0.2) is 5.96 Å². The number of benzene rings is 1. The summed E-state index contributed by atoms with van der Waals surface area (Å²) in [5.74, 6) is 1.46. The van der Waals surface area contributed by atoms with Crippen molar-refractivity contribution in [2.75, 3.05) is 13.6 Å². The van der Waals surface area contributed by atoms with Crippen molar-refractivity contribution in [3.8, 4) is 0 Å². The SMILES string of the molecule is CN=C(NCc1cccc(Br)c1)NCC(C)C.I. The Morgan fingerprint density at radius 2 is 2.06 bits per heavy atom. The molecule has 0 unspecified atom stereocenters. The number of nitrogens with zero attached hydrogens (tertiary/aromatic N) is 1. The van der Waals surface area contributed by atoms with Gasteiger partial charge in [0, 0.05) is 24.6 Å². The average Bonchev–Trinajstić information content (AvgIpc) is 2.29. The summed E-state index contributed by atoms with van der Waals surface area (Å²) in [6.07, 6.45) is 0. The molecule has 0 aliphatic heterocycles. The molecule has 18 heavy (non-hydrogen) atoms. The van der Waals surface area contributed by atoms with Crippen molar-refractivity contribution in [3.63, 3.8) is 0 Å². The van der Waals surface area contributed by atoms with Gasteiger partial charge in [-0.2, -0.15) is 0 Å². The van der Waals surface area contributed by atoms with Crippen molar-refractivity contribution in [1.29, 1.82) is 0 Å². The van der Waals surface area contributed by atoms with Gasteiger partial charge in [-0.05, 0) is 23.6 Å². The van der Waals surface area contributed by atoms with E-state index >= 15 is 0 Å². The second kappa shape index (κ2) is 9.61. The minimum absolute atomic E-state index is 0. The van der Waals surface area contributed by atoms with Gasteiger partial charge in [-0.25, -0.2) is 0 Å². The van der Waals surface area contributed by atoms with Crippen LogP contribution < -0.4 is 10.6 Å². The molecule has 0 fully saturated rings. The smallest absolute Gasteiger partial charge is 0.191 e. The molecule has 0 heterocycles. The summed E-state index contributed by atoms with van der Waals surface area (Å²) in [4.78, 5) is 4.18. The molecule has 0 atom stereocenters. The highest BCUT2D eigenvalue weighted by atomic mass is 127. The van der Waals surface area contributed by atoms with Crippen LogP contribution >= 0.6 is 39.9 Å². The highest BCUT2D eigenvalue weighted by Gasteiger charge is 1.99. The maximum atomic E-state index is 4.18. The monoisotopic (exact) mass is 425 g/mol. The van der Waals surface area contributed by atoms with E-state index in [0.717, 1.165) is 23.5 Å². The third kappa shape index (κ3) is 7.20. The van der Waals surface area contributed by atoms with E-state index in [2.05, 4.69) is 57.5 Å². The van der Waals surface area contributed by atoms with Crippen LogP contribution in [0.2, 0.25) is 0 Å². The number of nitrogens with one attached hydrogen (secondary N) is 2. The minimum Gasteiger partial charge on any atom is -0.356 e. The largest absolute Gasteiger partial charge is 0.356 e. The zero-order chi connectivity index (χ0) is 12.7. The molecule has 0 aromatic heterocycles. The van der Waals surface area contributed by atoms with Crippen LogP contribution in [-0.2, 0) is 6.54 Å². The molecule has 1 rings (SSSR count). The Labute approximate surface area is 135 Å². The molecule has 0 radical (unpaired) electrons. The van der Waals surface area contributed by atoms with Crippen molar-refractivity contribution < 1.29 is 0 Å². The topological polar surface area (TPSA) is 36.4 Å². The highest BCUT2D eigenvalue weighted by Crippen LogP contribution is 2.11. The fraction of sp³-hybridized carbons (Fsp3) is 0.462. The van der Waals surface area contributed by atoms with Crippen molar-refractivity contribution in [3.05, 3.63) is 34.3 Å². The van der Waals surface area contributed by atoms with E-state index in [1.807, 2.05) is 12.1 Å². The van der Waals surface area contributed by atoms with E-state index in [4.69, 9.17) is 0 Å². The Hall–Kier alpha value is -0.300. The number of aliphatic imine (C=N–C) groups is 1. The molecule has 0 spiro atoms. The molecular weight excluding hydrogens is 405 g/mol. The Morgan fingerprint density at radius 3 is 2.61 bits per heavy atom. The minimum atomic E-state index is 0. The highest BCUT2D eigenvalue weighted by molar-refractivity contribution is 14.0. The van der Waals surface area contributed by atoms with Gasteiger partial charge in [-0.15, -0.1) is 24.0 Å². The van der Waals surface area contributed by atoms with Crippen LogP contribution in [0.15, 0.2) is 33.7 Å². The van der Waals surface area contributed by atoms with E-state index < -0.39 is 0 Å². The number of rotatable bonds is 4. The molecule has 0 saturated carbocycles. The second-order valence-corrected chi connectivity index (χ2v) is 5.25. The van der Waals surface area contributed by atoms with Crippen LogP contribution in [-0.4, -0.2) is 19.6 Å². The molecule has 1 aromatic carbocycles. The normalized spacial score (nSPS) is 11.1. The standard InChI is InChI=1S/C13H20BrN3.HI/c1-10(2)8-16-13(15-3)17-9-11-5-4-6-12(14)7-11;/h4-7,10H,8-9H2,1-3H3,(H2,15,16,17);1H. The summed E-state index contributed by atoms with van der Waals surface area (Å²) in [5, 5.41) is 6.57. The van der Waals surface area contributed by atoms with Gasteiger partial charge in [-0.3, -0.25) is 4.99 Å². The maximum absolute atomic E-state index is 4.18. The van der Waals surface area contributed by atoms with Crippen LogP contribution in [0.5, 0.6) is 0 Å². The summed E-state index contributed by atoms with van der Waals surface area (Å²) in [6, 6.07) is 8.25. The molecule has 0 bridgehead atoms. The van der Waals surface area contributed by atoms with Gasteiger partial charge >= 0.3 is 0 Å². The molecular formula is C13H21BrIN3. The van der Waals surface area contributed by atoms with E-state index in [1.165, 1.54) is 5.56 Å². The fourth-order valence-corrected chi connectivity index (χ4v) is 1.80. The Bertz CT molecular complexity index is 380. The molecule has 5 heteroatoms. The van der Waals surface area contributed by atoms with Gasteiger partial charge in [-0.1, -0.05) is 41.9 Å². The van der Waals surface area contributed by atoms with Gasteiger partial charge in [0.05, 0.1) is 0 Å². The number of hydrogen-bond acceptors (Lipinski definition) is 1. The Balaban J connectivity index is 0.00000289. The lowest BCUT2D eigenvalue weighted by Crippen LogP contribution is -2.38. The van der Waals surface area contributed by atoms with Gasteiger partial charge in [0.25, 0.3) is 0 Å². The predicted molar refractivity (Wildman–Crippen MR) is 92.6 cm³/mol. The fourth-order valence-electron chi connectivity index (χ4n) is 1.35. The van der Waals surface area contributed by atoms with Crippen LogP contribution in [0.3, 0.4) is 0 Å². The van der Waals surface area contributed by atoms with E-state index in [9.17, 15) is 0 Å². The Morgan fingerprint density at radius 1 is 1.33 bits per heavy atom. The van der Waals surface area contributed by atoms with Gasteiger partial charge in [0.2, 0.25) is 0 Å². The van der Waals surface area contributed by atoms with E-state index in [1.54, 1.807) is 7.05 Å². The molecule has 3 nitrogen and oxygen atoms in total. The second-order valence-electron chi connectivity index (χ2n) is 4.33. The number of hydrogen-bond donors (Lipinski definition) is 2. The summed E-state index contributed by atoms with van der Waals surface area (Å²) < 4.78 is 1.10. The molecule has 1 aromatic rings. The molecule has 0 aliphatic carbocycles. The lowest BCUT2D eigenvalue weighted by atomic mass is 10.2. The van der Waals surface area contributed by atoms with Crippen LogP contribution in [0.4, 0.5) is 0 Å². The van der Waals surface area contributed by atoms with Crippen LogP contribution in [0.25, 0.3) is 0 Å². The maximum Gasteiger partial charge on any atom is 0.191 e. The van der Waals surface area contributed by atoms with Gasteiger partial charge < -0.3 is 10.6 Å². The Kier molecular flexibility index (Phi) is 9.45.